The van der Waals surface area contributed by atoms with E-state index in [0.29, 0.717) is 23.8 Å². The van der Waals surface area contributed by atoms with Crippen LogP contribution in [0.4, 0.5) is 0 Å². The second-order valence-corrected chi connectivity index (χ2v) is 5.78. The van der Waals surface area contributed by atoms with Gasteiger partial charge in [-0.05, 0) is 24.3 Å². The highest BCUT2D eigenvalue weighted by Gasteiger charge is 2.22. The number of aromatic carboxylic acids is 1. The molecule has 102 valence electrons. The van der Waals surface area contributed by atoms with E-state index < -0.39 is 5.97 Å². The van der Waals surface area contributed by atoms with Crippen LogP contribution >= 0.6 is 0 Å². The molecule has 0 bridgehead atoms. The number of furan rings is 1. The minimum atomic E-state index is -1.01. The highest BCUT2D eigenvalue weighted by Crippen LogP contribution is 2.25. The molecule has 1 rings (SSSR count). The maximum Gasteiger partial charge on any atom is 0.372 e. The van der Waals surface area contributed by atoms with Crippen molar-refractivity contribution in [3.05, 3.63) is 23.2 Å². The van der Waals surface area contributed by atoms with Gasteiger partial charge in [0, 0.05) is 12.1 Å². The summed E-state index contributed by atoms with van der Waals surface area (Å²) in [5.41, 5.74) is 0.875. The van der Waals surface area contributed by atoms with Gasteiger partial charge >= 0.3 is 5.97 Å². The van der Waals surface area contributed by atoms with Gasteiger partial charge < -0.3 is 14.8 Å². The molecule has 0 amide bonds. The largest absolute Gasteiger partial charge is 0.475 e. The molecule has 0 spiro atoms. The molecule has 1 aromatic rings. The van der Waals surface area contributed by atoms with Gasteiger partial charge in [0.05, 0.1) is 6.54 Å². The maximum atomic E-state index is 10.8. The summed E-state index contributed by atoms with van der Waals surface area (Å²) >= 11 is 0. The average Bonchev–Trinajstić information content (AvgIpc) is 2.59. The Morgan fingerprint density at radius 1 is 1.50 bits per heavy atom. The van der Waals surface area contributed by atoms with Crippen LogP contribution in [-0.2, 0) is 6.54 Å². The summed E-state index contributed by atoms with van der Waals surface area (Å²) in [4.78, 5) is 10.8. The fourth-order valence-electron chi connectivity index (χ4n) is 1.56. The molecule has 0 saturated carbocycles. The van der Waals surface area contributed by atoms with E-state index in [1.165, 1.54) is 0 Å². The summed E-state index contributed by atoms with van der Waals surface area (Å²) < 4.78 is 5.29. The lowest BCUT2D eigenvalue weighted by molar-refractivity contribution is 0.0659. The van der Waals surface area contributed by atoms with Crippen LogP contribution in [0.1, 0.15) is 49.6 Å². The molecule has 0 saturated heterocycles. The standard InChI is InChI=1S/C14H23NO3/c1-9(2)14(4,5)8-15-7-11-6-10(3)12(18-11)13(16)17/h6,9,15H,7-8H2,1-5H3,(H,16,17). The number of nitrogens with one attached hydrogen (secondary N) is 1. The fraction of sp³-hybridized carbons (Fsp3) is 0.643. The summed E-state index contributed by atoms with van der Waals surface area (Å²) in [6, 6.07) is 1.78. The van der Waals surface area contributed by atoms with E-state index in [4.69, 9.17) is 9.52 Å². The van der Waals surface area contributed by atoms with Gasteiger partial charge in [0.15, 0.2) is 0 Å². The predicted molar refractivity (Wildman–Crippen MR) is 70.7 cm³/mol. The number of aryl methyl sites for hydroxylation is 1. The molecule has 0 fully saturated rings. The van der Waals surface area contributed by atoms with E-state index in [0.717, 1.165) is 6.54 Å². The lowest BCUT2D eigenvalue weighted by Crippen LogP contribution is -2.33. The van der Waals surface area contributed by atoms with Gasteiger partial charge in [-0.25, -0.2) is 4.79 Å². The van der Waals surface area contributed by atoms with E-state index in [1.54, 1.807) is 13.0 Å². The monoisotopic (exact) mass is 253 g/mol. The number of carboxylic acids is 1. The van der Waals surface area contributed by atoms with Crippen LogP contribution in [0.3, 0.4) is 0 Å². The van der Waals surface area contributed by atoms with Crippen LogP contribution in [0, 0.1) is 18.3 Å². The summed E-state index contributed by atoms with van der Waals surface area (Å²) in [7, 11) is 0. The Kier molecular flexibility index (Phi) is 4.57. The molecule has 4 heteroatoms. The molecular weight excluding hydrogens is 230 g/mol. The average molecular weight is 253 g/mol. The van der Waals surface area contributed by atoms with Gasteiger partial charge in [0.25, 0.3) is 0 Å². The molecule has 0 unspecified atom stereocenters. The SMILES string of the molecule is Cc1cc(CNCC(C)(C)C(C)C)oc1C(=O)O. The molecule has 1 aromatic heterocycles. The van der Waals surface area contributed by atoms with Gasteiger partial charge in [-0.15, -0.1) is 0 Å². The lowest BCUT2D eigenvalue weighted by atomic mass is 9.81. The first-order chi connectivity index (χ1) is 8.24. The van der Waals surface area contributed by atoms with Crippen LogP contribution in [0.2, 0.25) is 0 Å². The Balaban J connectivity index is 2.55. The Hall–Kier alpha value is -1.29. The Bertz CT molecular complexity index is 419. The van der Waals surface area contributed by atoms with Crippen molar-refractivity contribution >= 4 is 5.97 Å². The summed E-state index contributed by atoms with van der Waals surface area (Å²) in [5, 5.41) is 12.2. The van der Waals surface area contributed by atoms with Gasteiger partial charge in [0.2, 0.25) is 5.76 Å². The van der Waals surface area contributed by atoms with E-state index >= 15 is 0 Å². The van der Waals surface area contributed by atoms with Gasteiger partial charge in [-0.3, -0.25) is 0 Å². The first-order valence-electron chi connectivity index (χ1n) is 6.27. The number of rotatable bonds is 6. The second-order valence-electron chi connectivity index (χ2n) is 5.78. The zero-order valence-electron chi connectivity index (χ0n) is 11.8. The Morgan fingerprint density at radius 3 is 2.56 bits per heavy atom. The Morgan fingerprint density at radius 2 is 2.11 bits per heavy atom. The first-order valence-corrected chi connectivity index (χ1v) is 6.27. The minimum Gasteiger partial charge on any atom is -0.475 e. The zero-order chi connectivity index (χ0) is 13.9. The molecule has 18 heavy (non-hydrogen) atoms. The maximum absolute atomic E-state index is 10.8. The molecule has 1 heterocycles. The van der Waals surface area contributed by atoms with Gasteiger partial charge in [-0.1, -0.05) is 27.7 Å². The third-order valence-electron chi connectivity index (χ3n) is 3.61. The minimum absolute atomic E-state index is 0.0370. The molecule has 0 atom stereocenters. The van der Waals surface area contributed by atoms with Crippen molar-refractivity contribution in [2.24, 2.45) is 11.3 Å². The van der Waals surface area contributed by atoms with E-state index in [-0.39, 0.29) is 11.2 Å². The third kappa shape index (κ3) is 3.60. The molecule has 0 aliphatic heterocycles. The van der Waals surface area contributed by atoms with E-state index in [9.17, 15) is 4.79 Å². The topological polar surface area (TPSA) is 62.5 Å². The van der Waals surface area contributed by atoms with Crippen molar-refractivity contribution < 1.29 is 14.3 Å². The lowest BCUT2D eigenvalue weighted by Gasteiger charge is -2.29. The van der Waals surface area contributed by atoms with Crippen molar-refractivity contribution in [3.63, 3.8) is 0 Å². The van der Waals surface area contributed by atoms with Crippen LogP contribution in [0.15, 0.2) is 10.5 Å². The summed E-state index contributed by atoms with van der Waals surface area (Å²) in [6.45, 7) is 12.0. The first kappa shape index (κ1) is 14.8. The number of hydrogen-bond acceptors (Lipinski definition) is 3. The van der Waals surface area contributed by atoms with Gasteiger partial charge in [-0.2, -0.15) is 0 Å². The second kappa shape index (κ2) is 5.57. The molecule has 0 aliphatic carbocycles. The highest BCUT2D eigenvalue weighted by atomic mass is 16.4. The normalized spacial score (nSPS) is 12.1. The van der Waals surface area contributed by atoms with Crippen molar-refractivity contribution in [1.29, 1.82) is 0 Å². The number of hydrogen-bond donors (Lipinski definition) is 2. The smallest absolute Gasteiger partial charge is 0.372 e. The highest BCUT2D eigenvalue weighted by molar-refractivity contribution is 5.86. The van der Waals surface area contributed by atoms with Crippen molar-refractivity contribution in [2.45, 2.75) is 41.2 Å². The number of carbonyl (C=O) groups is 1. The fourth-order valence-corrected chi connectivity index (χ4v) is 1.56. The molecule has 2 N–H and O–H groups in total. The Labute approximate surface area is 108 Å². The molecule has 0 aromatic carbocycles. The van der Waals surface area contributed by atoms with Gasteiger partial charge in [0.1, 0.15) is 5.76 Å². The third-order valence-corrected chi connectivity index (χ3v) is 3.61. The molecule has 0 aliphatic rings. The summed E-state index contributed by atoms with van der Waals surface area (Å²) in [6.07, 6.45) is 0. The van der Waals surface area contributed by atoms with Crippen LogP contribution in [0.5, 0.6) is 0 Å². The van der Waals surface area contributed by atoms with Crippen LogP contribution in [0.25, 0.3) is 0 Å². The van der Waals surface area contributed by atoms with Crippen molar-refractivity contribution in [1.82, 2.24) is 5.32 Å². The van der Waals surface area contributed by atoms with E-state index in [2.05, 4.69) is 33.0 Å². The zero-order valence-corrected chi connectivity index (χ0v) is 11.8. The molecular formula is C14H23NO3. The van der Waals surface area contributed by atoms with Crippen molar-refractivity contribution in [2.75, 3.05) is 6.54 Å². The van der Waals surface area contributed by atoms with Crippen molar-refractivity contribution in [3.8, 4) is 0 Å². The van der Waals surface area contributed by atoms with E-state index in [1.807, 2.05) is 0 Å². The van der Waals surface area contributed by atoms with Crippen LogP contribution < -0.4 is 5.32 Å². The summed E-state index contributed by atoms with van der Waals surface area (Å²) in [5.74, 6) is 0.276. The van der Waals surface area contributed by atoms with Crippen LogP contribution in [-0.4, -0.2) is 17.6 Å². The molecule has 4 nitrogen and oxygen atoms in total. The molecule has 0 radical (unpaired) electrons. The predicted octanol–water partition coefficient (Wildman–Crippen LogP) is 3.06. The quantitative estimate of drug-likeness (QED) is 0.818. The number of carboxylic acid groups (broad SMARTS) is 1.